The molecular weight excluding hydrogens is 548 g/mol. The minimum Gasteiger partial charge on any atom is -0.506 e. The Bertz CT molecular complexity index is 1500. The van der Waals surface area contributed by atoms with Gasteiger partial charge < -0.3 is 63.8 Å². The Balaban J connectivity index is 1.48. The number of aliphatic hydroxyl groups excluding tert-OH is 5. The molecule has 41 heavy (non-hydrogen) atoms. The van der Waals surface area contributed by atoms with E-state index < -0.39 is 79.7 Å². The van der Waals surface area contributed by atoms with E-state index in [4.69, 9.17) is 28.1 Å². The summed E-state index contributed by atoms with van der Waals surface area (Å²) in [6.45, 7) is 1.65. The fraction of sp³-hybridized carbons (Fsp3) is 0.519. The van der Waals surface area contributed by atoms with Gasteiger partial charge in [-0.3, -0.25) is 4.79 Å². The Morgan fingerprint density at radius 1 is 1.00 bits per heavy atom. The molecular formula is C27H32O14. The van der Waals surface area contributed by atoms with Gasteiger partial charge in [-0.25, -0.2) is 0 Å². The van der Waals surface area contributed by atoms with Gasteiger partial charge in [0.15, 0.2) is 11.7 Å². The minimum absolute atomic E-state index is 0.0725. The summed E-state index contributed by atoms with van der Waals surface area (Å²) < 4.78 is 33.4. The quantitative estimate of drug-likeness (QED) is 0.165. The molecule has 2 aliphatic heterocycles. The minimum atomic E-state index is -1.94. The number of benzene rings is 2. The number of phenols is 1. The molecule has 2 aromatic carbocycles. The number of fused-ring (bicyclic) bond motifs is 2. The van der Waals surface area contributed by atoms with E-state index in [1.807, 2.05) is 0 Å². The number of aryl methyl sites for hydroxylation is 2. The van der Waals surface area contributed by atoms with Gasteiger partial charge in [-0.1, -0.05) is 0 Å². The molecule has 14 nitrogen and oxygen atoms in total. The number of ether oxygens (including phenoxy) is 5. The smallest absolute Gasteiger partial charge is 0.229 e. The molecule has 8 atom stereocenters. The summed E-state index contributed by atoms with van der Waals surface area (Å²) in [5, 5.41) is 73.0. The third kappa shape index (κ3) is 5.01. The van der Waals surface area contributed by atoms with Crippen LogP contribution in [0.1, 0.15) is 11.3 Å². The molecule has 2 saturated heterocycles. The average molecular weight is 581 g/mol. The highest BCUT2D eigenvalue weighted by Crippen LogP contribution is 2.44. The monoisotopic (exact) mass is 580 g/mol. The Labute approximate surface area is 232 Å². The molecule has 5 rings (SSSR count). The highest BCUT2D eigenvalue weighted by Gasteiger charge is 2.50. The molecule has 0 spiro atoms. The predicted molar refractivity (Wildman–Crippen MR) is 139 cm³/mol. The molecule has 3 aromatic rings. The van der Waals surface area contributed by atoms with Crippen LogP contribution in [-0.4, -0.2) is 111 Å². The van der Waals surface area contributed by atoms with Crippen LogP contribution in [0.15, 0.2) is 27.4 Å². The number of phenolic OH excluding ortho intramolecular Hbond substituents is 1. The van der Waals surface area contributed by atoms with Gasteiger partial charge in [-0.15, -0.1) is 0 Å². The van der Waals surface area contributed by atoms with Crippen molar-refractivity contribution >= 4 is 21.7 Å². The van der Waals surface area contributed by atoms with E-state index in [2.05, 4.69) is 0 Å². The van der Waals surface area contributed by atoms with Gasteiger partial charge in [-0.2, -0.15) is 0 Å². The topological polar surface area (TPSA) is 218 Å². The SMILES string of the molecule is COc1cc(O[C@H]2O[C@@H](CO[C@@H]3OC[C@@](O)(CO)[C@H]3O)[C@H](O)[C@@H](O)[C@@H]2O)c2c(O)c3c(=O)cc(C)oc3cc2c1C. The number of aliphatic hydroxyl groups is 6. The molecule has 2 fully saturated rings. The largest absolute Gasteiger partial charge is 0.506 e. The summed E-state index contributed by atoms with van der Waals surface area (Å²) in [5.74, 6) is 0.156. The van der Waals surface area contributed by atoms with Gasteiger partial charge in [-0.05, 0) is 30.9 Å². The van der Waals surface area contributed by atoms with Gasteiger partial charge in [0.2, 0.25) is 6.29 Å². The Kier molecular flexibility index (Phi) is 7.88. The van der Waals surface area contributed by atoms with Crippen LogP contribution in [0.2, 0.25) is 0 Å². The third-order valence-corrected chi connectivity index (χ3v) is 7.53. The highest BCUT2D eigenvalue weighted by atomic mass is 16.7. The van der Waals surface area contributed by atoms with Crippen molar-refractivity contribution in [2.45, 2.75) is 62.5 Å². The summed E-state index contributed by atoms with van der Waals surface area (Å²) in [5.41, 5.74) is -1.71. The fourth-order valence-corrected chi connectivity index (χ4v) is 5.11. The second-order valence-corrected chi connectivity index (χ2v) is 10.3. The first kappa shape index (κ1) is 29.4. The van der Waals surface area contributed by atoms with Gasteiger partial charge in [0.1, 0.15) is 70.1 Å². The normalized spacial score (nSPS) is 32.1. The molecule has 14 heteroatoms. The molecule has 0 radical (unpaired) electrons. The number of hydrogen-bond acceptors (Lipinski definition) is 14. The highest BCUT2D eigenvalue weighted by molar-refractivity contribution is 6.07. The predicted octanol–water partition coefficient (Wildman–Crippen LogP) is -1.08. The third-order valence-electron chi connectivity index (χ3n) is 7.53. The standard InChI is InChI=1S/C27H32O14/c1-10-4-13(29)19-15(39-10)5-12-11(2)14(36-3)6-16(18(12)21(19)31)40-25-23(33)22(32)20(30)17(41-25)7-37-26-24(34)27(35,8-28)9-38-26/h4-6,17,20,22-26,28,30-35H,7-9H2,1-3H3/t17-,20-,22+,23-,24-,25-,26+,27-/m0/s1. The van der Waals surface area contributed by atoms with E-state index in [-0.39, 0.29) is 22.1 Å². The van der Waals surface area contributed by atoms with Crippen LogP contribution in [0.5, 0.6) is 17.2 Å². The Morgan fingerprint density at radius 2 is 1.73 bits per heavy atom. The van der Waals surface area contributed by atoms with Gasteiger partial charge in [0.25, 0.3) is 0 Å². The van der Waals surface area contributed by atoms with Crippen molar-refractivity contribution in [3.63, 3.8) is 0 Å². The number of hydrogen-bond donors (Lipinski definition) is 7. The molecule has 3 heterocycles. The second kappa shape index (κ2) is 11.0. The molecule has 0 bridgehead atoms. The number of aromatic hydroxyl groups is 1. The van der Waals surface area contributed by atoms with Crippen LogP contribution in [-0.2, 0) is 14.2 Å². The molecule has 2 aliphatic rings. The average Bonchev–Trinajstić information content (AvgIpc) is 3.22. The van der Waals surface area contributed by atoms with Crippen molar-refractivity contribution < 1.29 is 63.8 Å². The lowest BCUT2D eigenvalue weighted by Gasteiger charge is -2.40. The maximum absolute atomic E-state index is 12.7. The first-order chi connectivity index (χ1) is 19.4. The zero-order chi connectivity index (χ0) is 29.8. The van der Waals surface area contributed by atoms with Crippen molar-refractivity contribution in [2.75, 3.05) is 26.9 Å². The molecule has 0 amide bonds. The summed E-state index contributed by atoms with van der Waals surface area (Å²) in [7, 11) is 1.42. The van der Waals surface area contributed by atoms with Crippen LogP contribution in [0.25, 0.3) is 21.7 Å². The maximum atomic E-state index is 12.7. The maximum Gasteiger partial charge on any atom is 0.229 e. The zero-order valence-corrected chi connectivity index (χ0v) is 22.4. The van der Waals surface area contributed by atoms with E-state index in [9.17, 15) is 40.5 Å². The first-order valence-corrected chi connectivity index (χ1v) is 12.8. The van der Waals surface area contributed by atoms with E-state index in [1.165, 1.54) is 19.2 Å². The summed E-state index contributed by atoms with van der Waals surface area (Å²) in [6, 6.07) is 4.20. The van der Waals surface area contributed by atoms with Crippen molar-refractivity contribution in [1.29, 1.82) is 0 Å². The molecule has 1 aromatic heterocycles. The van der Waals surface area contributed by atoms with E-state index in [0.717, 1.165) is 0 Å². The van der Waals surface area contributed by atoms with Crippen LogP contribution in [0.4, 0.5) is 0 Å². The summed E-state index contributed by atoms with van der Waals surface area (Å²) >= 11 is 0. The van der Waals surface area contributed by atoms with E-state index >= 15 is 0 Å². The molecule has 0 saturated carbocycles. The van der Waals surface area contributed by atoms with Gasteiger partial charge in [0.05, 0.1) is 32.3 Å². The number of rotatable bonds is 7. The van der Waals surface area contributed by atoms with Crippen LogP contribution in [0.3, 0.4) is 0 Å². The second-order valence-electron chi connectivity index (χ2n) is 10.3. The van der Waals surface area contributed by atoms with E-state index in [1.54, 1.807) is 19.9 Å². The van der Waals surface area contributed by atoms with Crippen LogP contribution in [0, 0.1) is 13.8 Å². The molecule has 0 aliphatic carbocycles. The summed E-state index contributed by atoms with van der Waals surface area (Å²) in [4.78, 5) is 12.7. The fourth-order valence-electron chi connectivity index (χ4n) is 5.11. The Morgan fingerprint density at radius 3 is 2.39 bits per heavy atom. The van der Waals surface area contributed by atoms with Crippen molar-refractivity contribution in [3.8, 4) is 17.2 Å². The lowest BCUT2D eigenvalue weighted by Crippen LogP contribution is -2.60. The molecule has 7 N–H and O–H groups in total. The first-order valence-electron chi connectivity index (χ1n) is 12.8. The molecule has 0 unspecified atom stereocenters. The summed E-state index contributed by atoms with van der Waals surface area (Å²) in [6.07, 6.45) is -11.1. The van der Waals surface area contributed by atoms with Crippen LogP contribution < -0.4 is 14.9 Å². The number of methoxy groups -OCH3 is 1. The Hall–Kier alpha value is -3.05. The van der Waals surface area contributed by atoms with Gasteiger partial charge in [0, 0.05) is 12.1 Å². The van der Waals surface area contributed by atoms with Crippen LogP contribution >= 0.6 is 0 Å². The van der Waals surface area contributed by atoms with Gasteiger partial charge >= 0.3 is 0 Å². The van der Waals surface area contributed by atoms with Crippen molar-refractivity contribution in [1.82, 2.24) is 0 Å². The molecule has 224 valence electrons. The lowest BCUT2D eigenvalue weighted by molar-refractivity contribution is -0.289. The lowest BCUT2D eigenvalue weighted by atomic mass is 9.98. The van der Waals surface area contributed by atoms with Crippen molar-refractivity contribution in [2.24, 2.45) is 0 Å². The van der Waals surface area contributed by atoms with Crippen molar-refractivity contribution in [3.05, 3.63) is 39.7 Å². The zero-order valence-electron chi connectivity index (χ0n) is 22.4. The van der Waals surface area contributed by atoms with E-state index in [0.29, 0.717) is 22.5 Å².